The second-order valence-electron chi connectivity index (χ2n) is 13.8. The predicted octanol–water partition coefficient (Wildman–Crippen LogP) is 13.4. The van der Waals surface area contributed by atoms with E-state index in [-0.39, 0.29) is 31.1 Å². The number of ether oxygens (including phenoxy) is 3. The van der Waals surface area contributed by atoms with Crippen LogP contribution in [0.5, 0.6) is 0 Å². The van der Waals surface area contributed by atoms with Crippen molar-refractivity contribution < 1.29 is 28.6 Å². The molecule has 0 aliphatic carbocycles. The predicted molar refractivity (Wildman–Crippen MR) is 219 cm³/mol. The maximum Gasteiger partial charge on any atom is 0.306 e. The minimum atomic E-state index is -0.796. The Kier molecular flexibility index (Phi) is 38.6. The zero-order valence-electron chi connectivity index (χ0n) is 33.8. The lowest BCUT2D eigenvalue weighted by molar-refractivity contribution is -0.167. The number of hydrogen-bond acceptors (Lipinski definition) is 6. The van der Waals surface area contributed by atoms with Crippen LogP contribution in [0.15, 0.2) is 60.8 Å². The first kappa shape index (κ1) is 49.1. The molecule has 0 spiro atoms. The Bertz CT molecular complexity index is 975. The van der Waals surface area contributed by atoms with E-state index in [0.717, 1.165) is 116 Å². The van der Waals surface area contributed by atoms with Crippen LogP contribution in [-0.4, -0.2) is 37.2 Å². The summed E-state index contributed by atoms with van der Waals surface area (Å²) in [6.07, 6.45) is 47.9. The van der Waals surface area contributed by atoms with Crippen molar-refractivity contribution in [2.75, 3.05) is 13.2 Å². The van der Waals surface area contributed by atoms with Crippen molar-refractivity contribution >= 4 is 17.9 Å². The number of hydrogen-bond donors (Lipinski definition) is 0. The highest BCUT2D eigenvalue weighted by atomic mass is 16.6. The fourth-order valence-electron chi connectivity index (χ4n) is 5.57. The molecule has 0 saturated carbocycles. The molecule has 6 heteroatoms. The maximum absolute atomic E-state index is 12.7. The zero-order chi connectivity index (χ0) is 38.0. The molecule has 52 heavy (non-hydrogen) atoms. The van der Waals surface area contributed by atoms with Gasteiger partial charge in [-0.25, -0.2) is 0 Å². The topological polar surface area (TPSA) is 78.9 Å². The molecule has 0 aromatic carbocycles. The van der Waals surface area contributed by atoms with Crippen molar-refractivity contribution in [3.63, 3.8) is 0 Å². The normalized spacial score (nSPS) is 12.6. The lowest BCUT2D eigenvalue weighted by Gasteiger charge is -2.18. The van der Waals surface area contributed by atoms with Crippen LogP contribution in [0.4, 0.5) is 0 Å². The number of allylic oxidation sites excluding steroid dienone is 10. The van der Waals surface area contributed by atoms with E-state index in [1.807, 2.05) is 0 Å². The Labute approximate surface area is 320 Å². The van der Waals surface area contributed by atoms with Gasteiger partial charge in [-0.1, -0.05) is 139 Å². The molecule has 0 aliphatic heterocycles. The highest BCUT2D eigenvalue weighted by Crippen LogP contribution is 2.12. The van der Waals surface area contributed by atoms with Gasteiger partial charge in [0.15, 0.2) is 6.10 Å². The monoisotopic (exact) mass is 727 g/mol. The van der Waals surface area contributed by atoms with Crippen LogP contribution >= 0.6 is 0 Å². The fraction of sp³-hybridized carbons (Fsp3) is 0.717. The lowest BCUT2D eigenvalue weighted by atomic mass is 10.1. The molecule has 0 bridgehead atoms. The van der Waals surface area contributed by atoms with Gasteiger partial charge in [0, 0.05) is 19.3 Å². The maximum atomic E-state index is 12.7. The summed E-state index contributed by atoms with van der Waals surface area (Å²) < 4.78 is 16.6. The number of unbranched alkanes of at least 4 members (excludes halogenated alkanes) is 16. The highest BCUT2D eigenvalue weighted by molar-refractivity contribution is 5.71. The van der Waals surface area contributed by atoms with Gasteiger partial charge in [-0.3, -0.25) is 14.4 Å². The molecule has 0 aromatic heterocycles. The molecular weight excluding hydrogens is 648 g/mol. The quantitative estimate of drug-likeness (QED) is 0.0274. The van der Waals surface area contributed by atoms with Crippen LogP contribution in [0.3, 0.4) is 0 Å². The molecule has 1 atom stereocenters. The molecule has 0 N–H and O–H groups in total. The van der Waals surface area contributed by atoms with E-state index in [9.17, 15) is 14.4 Å². The first-order chi connectivity index (χ1) is 25.5. The van der Waals surface area contributed by atoms with Crippen molar-refractivity contribution in [1.82, 2.24) is 0 Å². The minimum absolute atomic E-state index is 0.0991. The van der Waals surface area contributed by atoms with Gasteiger partial charge in [0.05, 0.1) is 0 Å². The molecule has 6 nitrogen and oxygen atoms in total. The Morgan fingerprint density at radius 2 is 0.750 bits per heavy atom. The molecule has 0 fully saturated rings. The second-order valence-corrected chi connectivity index (χ2v) is 13.8. The molecule has 0 amide bonds. The van der Waals surface area contributed by atoms with Crippen LogP contribution < -0.4 is 0 Å². The molecule has 0 heterocycles. The molecule has 0 aromatic rings. The number of carbonyl (C=O) groups excluding carboxylic acids is 3. The summed E-state index contributed by atoms with van der Waals surface area (Å²) in [5, 5.41) is 0. The zero-order valence-corrected chi connectivity index (χ0v) is 33.8. The number of carbonyl (C=O) groups is 3. The second kappa shape index (κ2) is 40.9. The van der Waals surface area contributed by atoms with Gasteiger partial charge in [0.1, 0.15) is 13.2 Å². The average molecular weight is 727 g/mol. The molecular formula is C46H78O6. The molecule has 0 aliphatic rings. The summed E-state index contributed by atoms with van der Waals surface area (Å²) in [4.78, 5) is 37.5. The van der Waals surface area contributed by atoms with Crippen molar-refractivity contribution in [2.45, 2.75) is 200 Å². The minimum Gasteiger partial charge on any atom is -0.462 e. The van der Waals surface area contributed by atoms with Gasteiger partial charge in [0.2, 0.25) is 0 Å². The Hall–Kier alpha value is -2.89. The highest BCUT2D eigenvalue weighted by Gasteiger charge is 2.19. The summed E-state index contributed by atoms with van der Waals surface area (Å²) in [5.74, 6) is -0.975. The van der Waals surface area contributed by atoms with Crippen molar-refractivity contribution in [2.24, 2.45) is 0 Å². The van der Waals surface area contributed by atoms with E-state index in [4.69, 9.17) is 14.2 Å². The van der Waals surface area contributed by atoms with Gasteiger partial charge in [-0.2, -0.15) is 0 Å². The van der Waals surface area contributed by atoms with E-state index < -0.39 is 6.10 Å². The van der Waals surface area contributed by atoms with Gasteiger partial charge in [0.25, 0.3) is 0 Å². The molecule has 1 unspecified atom stereocenters. The molecule has 0 rings (SSSR count). The Balaban J connectivity index is 4.45. The standard InChI is InChI=1S/C46H78O6/c1-4-7-10-13-16-19-21-23-25-27-30-33-36-39-45(48)51-42-43(41-50-44(47)38-35-32-29-26-18-15-12-9-6-3)52-46(49)40-37-34-31-28-24-22-20-17-14-11-8-5-2/h8-9,11-12,17-18,20,23,25-26,43H,4-7,10,13-16,19,21-22,24,27-42H2,1-3H3/b11-8-,12-9-,20-17-,25-23-,26-18-. The summed E-state index contributed by atoms with van der Waals surface area (Å²) in [5.41, 5.74) is 0. The van der Waals surface area contributed by atoms with Gasteiger partial charge >= 0.3 is 17.9 Å². The van der Waals surface area contributed by atoms with Crippen molar-refractivity contribution in [3.05, 3.63) is 60.8 Å². The van der Waals surface area contributed by atoms with Crippen LogP contribution in [0.25, 0.3) is 0 Å². The van der Waals surface area contributed by atoms with Gasteiger partial charge in [-0.05, 0) is 96.3 Å². The van der Waals surface area contributed by atoms with E-state index >= 15 is 0 Å². The third-order valence-electron chi connectivity index (χ3n) is 8.74. The van der Waals surface area contributed by atoms with Crippen molar-refractivity contribution in [1.29, 1.82) is 0 Å². The van der Waals surface area contributed by atoms with E-state index in [1.54, 1.807) is 0 Å². The smallest absolute Gasteiger partial charge is 0.306 e. The average Bonchev–Trinajstić information content (AvgIpc) is 3.14. The summed E-state index contributed by atoms with van der Waals surface area (Å²) >= 11 is 0. The third kappa shape index (κ3) is 38.3. The largest absolute Gasteiger partial charge is 0.462 e. The first-order valence-corrected chi connectivity index (χ1v) is 21.3. The third-order valence-corrected chi connectivity index (χ3v) is 8.74. The van der Waals surface area contributed by atoms with Crippen LogP contribution in [-0.2, 0) is 28.6 Å². The number of esters is 3. The molecule has 0 radical (unpaired) electrons. The van der Waals surface area contributed by atoms with Crippen LogP contribution in [0, 0.1) is 0 Å². The molecule has 0 saturated heterocycles. The van der Waals surface area contributed by atoms with E-state index in [2.05, 4.69) is 81.5 Å². The van der Waals surface area contributed by atoms with Gasteiger partial charge in [-0.15, -0.1) is 0 Å². The van der Waals surface area contributed by atoms with E-state index in [0.29, 0.717) is 19.3 Å². The SMILES string of the molecule is CC/C=C\C/C=C\CCCCCCCC(=O)OC(COC(=O)CCCC/C=C\C/C=C\CC)COC(=O)CCCCC/C=C\CCCCCCCC. The number of rotatable bonds is 37. The van der Waals surface area contributed by atoms with Crippen LogP contribution in [0.1, 0.15) is 194 Å². The van der Waals surface area contributed by atoms with Crippen LogP contribution in [0.2, 0.25) is 0 Å². The van der Waals surface area contributed by atoms with Gasteiger partial charge < -0.3 is 14.2 Å². The molecule has 298 valence electrons. The van der Waals surface area contributed by atoms with E-state index in [1.165, 1.54) is 38.5 Å². The van der Waals surface area contributed by atoms with Crippen molar-refractivity contribution in [3.8, 4) is 0 Å². The summed E-state index contributed by atoms with van der Waals surface area (Å²) in [6, 6.07) is 0. The lowest BCUT2D eigenvalue weighted by Crippen LogP contribution is -2.30. The first-order valence-electron chi connectivity index (χ1n) is 21.3. The Morgan fingerprint density at radius 1 is 0.404 bits per heavy atom. The summed E-state index contributed by atoms with van der Waals surface area (Å²) in [6.45, 7) is 6.31. The summed E-state index contributed by atoms with van der Waals surface area (Å²) in [7, 11) is 0. The fourth-order valence-corrected chi connectivity index (χ4v) is 5.57. The Morgan fingerprint density at radius 3 is 1.23 bits per heavy atom.